The Morgan fingerprint density at radius 3 is 2.65 bits per heavy atom. The Balaban J connectivity index is 1.25. The Morgan fingerprint density at radius 2 is 1.88 bits per heavy atom. The van der Waals surface area contributed by atoms with Gasteiger partial charge in [-0.3, -0.25) is 4.79 Å². The number of carbonyl (C=O) groups excluding carboxylic acids is 1. The molecule has 0 aromatic heterocycles. The first-order valence-electron chi connectivity index (χ1n) is 9.76. The van der Waals surface area contributed by atoms with Crippen LogP contribution in [0.15, 0.2) is 23.1 Å². The van der Waals surface area contributed by atoms with Crippen molar-refractivity contribution in [1.82, 2.24) is 5.32 Å². The third-order valence-electron chi connectivity index (χ3n) is 5.82. The molecule has 1 heterocycles. The summed E-state index contributed by atoms with van der Waals surface area (Å²) >= 11 is 1.69. The van der Waals surface area contributed by atoms with Gasteiger partial charge in [0.25, 0.3) is 0 Å². The fourth-order valence-corrected chi connectivity index (χ4v) is 5.54. The fourth-order valence-electron chi connectivity index (χ4n) is 4.66. The lowest BCUT2D eigenvalue weighted by molar-refractivity contribution is -0.123. The second-order valence-corrected chi connectivity index (χ2v) is 8.85. The van der Waals surface area contributed by atoms with Gasteiger partial charge in [0, 0.05) is 29.2 Å². The maximum atomic E-state index is 12.4. The zero-order chi connectivity index (χ0) is 17.9. The van der Waals surface area contributed by atoms with E-state index >= 15 is 0 Å². The molecule has 0 saturated heterocycles. The monoisotopic (exact) mass is 376 g/mol. The average molecular weight is 377 g/mol. The number of nitrogens with two attached hydrogens (primary N) is 1. The van der Waals surface area contributed by atoms with E-state index in [0.717, 1.165) is 35.0 Å². The minimum Gasteiger partial charge on any atom is -0.486 e. The number of amides is 1. The van der Waals surface area contributed by atoms with Gasteiger partial charge in [0.1, 0.15) is 13.2 Å². The Bertz CT molecular complexity index is 640. The van der Waals surface area contributed by atoms with Crippen molar-refractivity contribution >= 4 is 17.7 Å². The quantitative estimate of drug-likeness (QED) is 0.773. The van der Waals surface area contributed by atoms with Gasteiger partial charge >= 0.3 is 0 Å². The van der Waals surface area contributed by atoms with Crippen LogP contribution in [0.4, 0.5) is 0 Å². The van der Waals surface area contributed by atoms with Crippen molar-refractivity contribution in [3.05, 3.63) is 18.2 Å². The highest BCUT2D eigenvalue weighted by Crippen LogP contribution is 2.40. The van der Waals surface area contributed by atoms with E-state index in [-0.39, 0.29) is 5.91 Å². The molecule has 2 saturated carbocycles. The number of hydrogen-bond donors (Lipinski definition) is 2. The highest BCUT2D eigenvalue weighted by molar-refractivity contribution is 7.99. The molecule has 2 unspecified atom stereocenters. The van der Waals surface area contributed by atoms with Crippen LogP contribution in [-0.2, 0) is 4.79 Å². The molecule has 0 radical (unpaired) electrons. The zero-order valence-electron chi connectivity index (χ0n) is 15.1. The Kier molecular flexibility index (Phi) is 5.60. The van der Waals surface area contributed by atoms with Crippen molar-refractivity contribution in [1.29, 1.82) is 0 Å². The summed E-state index contributed by atoms with van der Waals surface area (Å²) in [5.74, 6) is 3.70. The molecule has 2 atom stereocenters. The van der Waals surface area contributed by atoms with E-state index in [9.17, 15) is 4.79 Å². The van der Waals surface area contributed by atoms with Gasteiger partial charge in [0.2, 0.25) is 5.91 Å². The van der Waals surface area contributed by atoms with Gasteiger partial charge in [-0.25, -0.2) is 0 Å². The summed E-state index contributed by atoms with van der Waals surface area (Å²) in [5, 5.41) is 3.33. The molecule has 4 rings (SSSR count). The molecule has 26 heavy (non-hydrogen) atoms. The maximum Gasteiger partial charge on any atom is 0.221 e. The van der Waals surface area contributed by atoms with Crippen LogP contribution < -0.4 is 20.5 Å². The van der Waals surface area contributed by atoms with Gasteiger partial charge in [-0.1, -0.05) is 6.42 Å². The van der Waals surface area contributed by atoms with Gasteiger partial charge in [0.05, 0.1) is 0 Å². The summed E-state index contributed by atoms with van der Waals surface area (Å²) in [6, 6.07) is 6.65. The van der Waals surface area contributed by atoms with E-state index in [1.165, 1.54) is 19.3 Å². The minimum atomic E-state index is 0.174. The smallest absolute Gasteiger partial charge is 0.221 e. The topological polar surface area (TPSA) is 73.6 Å². The van der Waals surface area contributed by atoms with Crippen molar-refractivity contribution in [3.63, 3.8) is 0 Å². The maximum absolute atomic E-state index is 12.4. The molecule has 3 aliphatic rings. The molecular formula is C20H28N2O3S. The lowest BCUT2D eigenvalue weighted by Gasteiger charge is -2.45. The summed E-state index contributed by atoms with van der Waals surface area (Å²) in [6.07, 6.45) is 6.37. The predicted molar refractivity (Wildman–Crippen MR) is 103 cm³/mol. The summed E-state index contributed by atoms with van der Waals surface area (Å²) in [6.45, 7) is 1.20. The second-order valence-electron chi connectivity index (χ2n) is 7.68. The number of ether oxygens (including phenoxy) is 2. The molecule has 142 valence electrons. The normalized spacial score (nSPS) is 29.9. The summed E-state index contributed by atoms with van der Waals surface area (Å²) in [7, 11) is 0. The van der Waals surface area contributed by atoms with Crippen molar-refractivity contribution in [2.24, 2.45) is 17.6 Å². The Morgan fingerprint density at radius 1 is 1.15 bits per heavy atom. The van der Waals surface area contributed by atoms with Crippen LogP contribution in [-0.4, -0.2) is 37.0 Å². The van der Waals surface area contributed by atoms with Crippen LogP contribution in [0, 0.1) is 11.8 Å². The van der Waals surface area contributed by atoms with Crippen molar-refractivity contribution < 1.29 is 14.3 Å². The first-order chi connectivity index (χ1) is 12.7. The van der Waals surface area contributed by atoms with Crippen molar-refractivity contribution in [2.75, 3.05) is 19.0 Å². The van der Waals surface area contributed by atoms with Crippen LogP contribution >= 0.6 is 11.8 Å². The Labute approximate surface area is 159 Å². The molecule has 1 aliphatic heterocycles. The lowest BCUT2D eigenvalue weighted by Crippen LogP contribution is -2.53. The largest absolute Gasteiger partial charge is 0.486 e. The first-order valence-corrected chi connectivity index (χ1v) is 10.7. The lowest BCUT2D eigenvalue weighted by atomic mass is 9.67. The molecule has 1 amide bonds. The number of rotatable bonds is 5. The molecule has 3 N–H and O–H groups in total. The summed E-state index contributed by atoms with van der Waals surface area (Å²) < 4.78 is 11.2. The average Bonchev–Trinajstić information content (AvgIpc) is 2.62. The Hall–Kier alpha value is -1.40. The number of benzene rings is 1. The van der Waals surface area contributed by atoms with Crippen molar-refractivity contribution in [3.8, 4) is 11.5 Å². The molecule has 5 nitrogen and oxygen atoms in total. The highest BCUT2D eigenvalue weighted by atomic mass is 32.2. The number of thioether (sulfide) groups is 1. The van der Waals surface area contributed by atoms with Crippen LogP contribution in [0.5, 0.6) is 11.5 Å². The van der Waals surface area contributed by atoms with Crippen LogP contribution in [0.1, 0.15) is 38.5 Å². The molecule has 2 bridgehead atoms. The van der Waals surface area contributed by atoms with Gasteiger partial charge in [-0.05, 0) is 55.7 Å². The molecule has 2 fully saturated rings. The van der Waals surface area contributed by atoms with Gasteiger partial charge in [-0.15, -0.1) is 11.8 Å². The minimum absolute atomic E-state index is 0.174. The third kappa shape index (κ3) is 4.12. The van der Waals surface area contributed by atoms with Gasteiger partial charge in [0.15, 0.2) is 11.5 Å². The third-order valence-corrected chi connectivity index (χ3v) is 6.81. The first kappa shape index (κ1) is 18.0. The fraction of sp³-hybridized carbons (Fsp3) is 0.650. The number of carbonyl (C=O) groups is 1. The molecule has 2 aliphatic carbocycles. The predicted octanol–water partition coefficient (Wildman–Crippen LogP) is 2.96. The van der Waals surface area contributed by atoms with Crippen molar-refractivity contribution in [2.45, 2.75) is 55.5 Å². The van der Waals surface area contributed by atoms with Gasteiger partial charge < -0.3 is 20.5 Å². The number of nitrogens with one attached hydrogen (secondary N) is 1. The zero-order valence-corrected chi connectivity index (χ0v) is 15.9. The van der Waals surface area contributed by atoms with E-state index in [0.29, 0.717) is 43.6 Å². The molecule has 6 heteroatoms. The SMILES string of the molecule is NC1CC2CCCC(C1)C2NC(=O)CCSc1ccc2c(c1)OCCO2. The van der Waals surface area contributed by atoms with E-state index in [4.69, 9.17) is 15.2 Å². The molecular weight excluding hydrogens is 348 g/mol. The standard InChI is InChI=1S/C20H28N2O3S/c21-15-10-13-2-1-3-14(11-15)20(13)22-19(23)6-9-26-16-4-5-17-18(12-16)25-8-7-24-17/h4-5,12-15,20H,1-3,6-11,21H2,(H,22,23). The summed E-state index contributed by atoms with van der Waals surface area (Å²) in [5.41, 5.74) is 6.18. The molecule has 1 aromatic rings. The number of hydrogen-bond acceptors (Lipinski definition) is 5. The summed E-state index contributed by atoms with van der Waals surface area (Å²) in [4.78, 5) is 13.6. The van der Waals surface area contributed by atoms with Crippen LogP contribution in [0.3, 0.4) is 0 Å². The number of fused-ring (bicyclic) bond motifs is 3. The van der Waals surface area contributed by atoms with E-state index in [1.807, 2.05) is 18.2 Å². The van der Waals surface area contributed by atoms with E-state index in [1.54, 1.807) is 11.8 Å². The second kappa shape index (κ2) is 8.09. The van der Waals surface area contributed by atoms with Crippen LogP contribution in [0.2, 0.25) is 0 Å². The molecule has 1 aromatic carbocycles. The van der Waals surface area contributed by atoms with Gasteiger partial charge in [-0.2, -0.15) is 0 Å². The van der Waals surface area contributed by atoms with Crippen LogP contribution in [0.25, 0.3) is 0 Å². The van der Waals surface area contributed by atoms with E-state index in [2.05, 4.69) is 5.32 Å². The van der Waals surface area contributed by atoms with E-state index < -0.39 is 0 Å². The molecule has 0 spiro atoms. The highest BCUT2D eigenvalue weighted by Gasteiger charge is 2.39.